The number of fused-ring (bicyclic) bond motifs is 3. The zero-order valence-electron chi connectivity index (χ0n) is 16.8. The minimum absolute atomic E-state index is 0.206. The fraction of sp³-hybridized carbons (Fsp3) is 0.125. The maximum Gasteiger partial charge on any atom is 0.337 e. The van der Waals surface area contributed by atoms with Crippen molar-refractivity contribution in [1.82, 2.24) is 19.7 Å². The summed E-state index contributed by atoms with van der Waals surface area (Å²) >= 11 is 0. The summed E-state index contributed by atoms with van der Waals surface area (Å²) in [5, 5.41) is 15.4. The van der Waals surface area contributed by atoms with Crippen molar-refractivity contribution in [1.29, 1.82) is 0 Å². The number of nitrogens with one attached hydrogen (secondary N) is 1. The molecule has 0 bridgehead atoms. The first kappa shape index (κ1) is 17.7. The van der Waals surface area contributed by atoms with E-state index in [9.17, 15) is 9.90 Å². The van der Waals surface area contributed by atoms with Crippen molar-refractivity contribution in [3.8, 4) is 11.4 Å². The molecule has 7 heteroatoms. The third-order valence-corrected chi connectivity index (χ3v) is 6.03. The Labute approximate surface area is 177 Å². The van der Waals surface area contributed by atoms with Gasteiger partial charge in [-0.2, -0.15) is 5.10 Å². The summed E-state index contributed by atoms with van der Waals surface area (Å²) < 4.78 is 1.85. The molecule has 2 N–H and O–H groups in total. The number of hydrogen-bond acceptors (Lipinski definition) is 4. The number of aromatic carboxylic acids is 1. The van der Waals surface area contributed by atoms with Crippen LogP contribution in [0.15, 0.2) is 60.8 Å². The first-order valence-electron chi connectivity index (χ1n) is 10.1. The van der Waals surface area contributed by atoms with Crippen molar-refractivity contribution in [3.05, 3.63) is 71.9 Å². The Bertz CT molecular complexity index is 1500. The molecule has 2 aromatic carbocycles. The first-order chi connectivity index (χ1) is 15.1. The molecule has 0 radical (unpaired) electrons. The van der Waals surface area contributed by atoms with Gasteiger partial charge < -0.3 is 15.0 Å². The highest BCUT2D eigenvalue weighted by atomic mass is 16.4. The van der Waals surface area contributed by atoms with Gasteiger partial charge in [0.15, 0.2) is 0 Å². The summed E-state index contributed by atoms with van der Waals surface area (Å²) in [6.07, 6.45) is 2.53. The molecule has 152 valence electrons. The Balaban J connectivity index is 1.55. The Kier molecular flexibility index (Phi) is 3.67. The molecule has 0 fully saturated rings. The van der Waals surface area contributed by atoms with E-state index in [0.717, 1.165) is 40.9 Å². The van der Waals surface area contributed by atoms with E-state index < -0.39 is 5.97 Å². The van der Waals surface area contributed by atoms with E-state index >= 15 is 0 Å². The molecule has 5 aromatic rings. The highest BCUT2D eigenvalue weighted by Gasteiger charge is 2.24. The third kappa shape index (κ3) is 2.56. The van der Waals surface area contributed by atoms with Crippen LogP contribution >= 0.6 is 0 Å². The molecular weight excluding hydrogens is 390 g/mol. The van der Waals surface area contributed by atoms with Crippen LogP contribution in [0.1, 0.15) is 15.9 Å². The normalized spacial score (nSPS) is 13.3. The van der Waals surface area contributed by atoms with Gasteiger partial charge in [0.2, 0.25) is 0 Å². The summed E-state index contributed by atoms with van der Waals surface area (Å²) in [5.74, 6) is -0.981. The van der Waals surface area contributed by atoms with Crippen LogP contribution in [0.4, 0.5) is 11.4 Å². The van der Waals surface area contributed by atoms with Crippen molar-refractivity contribution in [2.75, 3.05) is 11.4 Å². The number of H-pyrrole nitrogens is 1. The lowest BCUT2D eigenvalue weighted by Crippen LogP contribution is -2.13. The van der Waals surface area contributed by atoms with E-state index in [1.807, 2.05) is 23.9 Å². The average molecular weight is 409 g/mol. The molecule has 0 aliphatic carbocycles. The zero-order valence-corrected chi connectivity index (χ0v) is 16.8. The second-order valence-electron chi connectivity index (χ2n) is 7.78. The van der Waals surface area contributed by atoms with E-state index in [1.54, 1.807) is 0 Å². The van der Waals surface area contributed by atoms with E-state index in [4.69, 9.17) is 5.10 Å². The van der Waals surface area contributed by atoms with Crippen LogP contribution in [0.2, 0.25) is 0 Å². The lowest BCUT2D eigenvalue weighted by molar-refractivity contribution is 0.0698. The van der Waals surface area contributed by atoms with Crippen molar-refractivity contribution >= 4 is 39.3 Å². The number of aromatic amines is 1. The summed E-state index contributed by atoms with van der Waals surface area (Å²) in [5.41, 5.74) is 7.60. The number of anilines is 2. The van der Waals surface area contributed by atoms with Crippen LogP contribution < -0.4 is 4.90 Å². The van der Waals surface area contributed by atoms with Gasteiger partial charge in [0.25, 0.3) is 0 Å². The Hall–Kier alpha value is -4.13. The second-order valence-corrected chi connectivity index (χ2v) is 7.78. The molecule has 0 spiro atoms. The van der Waals surface area contributed by atoms with Crippen LogP contribution in [-0.2, 0) is 13.5 Å². The molecule has 3 aromatic heterocycles. The fourth-order valence-corrected chi connectivity index (χ4v) is 4.66. The van der Waals surface area contributed by atoms with Gasteiger partial charge in [0, 0.05) is 30.9 Å². The molecule has 0 atom stereocenters. The van der Waals surface area contributed by atoms with Crippen LogP contribution in [-0.4, -0.2) is 37.4 Å². The van der Waals surface area contributed by atoms with Crippen molar-refractivity contribution in [2.24, 2.45) is 7.05 Å². The molecule has 31 heavy (non-hydrogen) atoms. The van der Waals surface area contributed by atoms with E-state index in [1.165, 1.54) is 23.5 Å². The number of aromatic nitrogens is 4. The number of pyridine rings is 1. The Morgan fingerprint density at radius 2 is 1.94 bits per heavy atom. The topological polar surface area (TPSA) is 87.0 Å². The van der Waals surface area contributed by atoms with Gasteiger partial charge in [0.1, 0.15) is 5.52 Å². The predicted molar refractivity (Wildman–Crippen MR) is 120 cm³/mol. The number of benzene rings is 2. The number of rotatable bonds is 3. The maximum absolute atomic E-state index is 11.6. The molecular formula is C24H19N5O2. The predicted octanol–water partition coefficient (Wildman–Crippen LogP) is 4.51. The lowest BCUT2D eigenvalue weighted by Gasteiger charge is -2.19. The molecule has 0 saturated heterocycles. The highest BCUT2D eigenvalue weighted by Crippen LogP contribution is 2.40. The smallest absolute Gasteiger partial charge is 0.337 e. The average Bonchev–Trinajstić information content (AvgIpc) is 3.46. The monoisotopic (exact) mass is 409 g/mol. The number of carbonyl (C=O) groups is 1. The minimum Gasteiger partial charge on any atom is -0.478 e. The molecule has 0 amide bonds. The number of carboxylic acids is 1. The van der Waals surface area contributed by atoms with Gasteiger partial charge in [-0.1, -0.05) is 30.3 Å². The van der Waals surface area contributed by atoms with Crippen LogP contribution in [0.5, 0.6) is 0 Å². The van der Waals surface area contributed by atoms with E-state index in [2.05, 4.69) is 51.3 Å². The quantitative estimate of drug-likeness (QED) is 0.458. The number of nitrogens with zero attached hydrogens (tertiary/aromatic N) is 4. The number of carboxylic acid groups (broad SMARTS) is 1. The zero-order chi connectivity index (χ0) is 21.1. The van der Waals surface area contributed by atoms with Crippen LogP contribution in [0, 0.1) is 0 Å². The van der Waals surface area contributed by atoms with Gasteiger partial charge in [0.05, 0.1) is 33.7 Å². The van der Waals surface area contributed by atoms with Crippen LogP contribution in [0.25, 0.3) is 33.3 Å². The van der Waals surface area contributed by atoms with Gasteiger partial charge in [-0.25, -0.2) is 4.79 Å². The number of hydrogen-bond donors (Lipinski definition) is 2. The van der Waals surface area contributed by atoms with E-state index in [0.29, 0.717) is 11.0 Å². The Morgan fingerprint density at radius 3 is 2.81 bits per heavy atom. The fourth-order valence-electron chi connectivity index (χ4n) is 4.66. The largest absolute Gasteiger partial charge is 0.478 e. The number of aryl methyl sites for hydroxylation is 1. The summed E-state index contributed by atoms with van der Waals surface area (Å²) in [6, 6.07) is 18.1. The molecule has 1 aliphatic heterocycles. The minimum atomic E-state index is -0.981. The molecule has 7 nitrogen and oxygen atoms in total. The standard InChI is InChI=1S/C24H19N5O2/c1-28-23(18-13-17-21(26-18)16(24(30)31)9-11-25-17)15-6-4-8-20(22(15)27-28)29-12-10-14-5-2-3-7-19(14)29/h2-9,11,13,26H,10,12H2,1H3,(H,30,31). The van der Waals surface area contributed by atoms with Gasteiger partial charge in [-0.3, -0.25) is 9.67 Å². The van der Waals surface area contributed by atoms with Crippen molar-refractivity contribution in [3.63, 3.8) is 0 Å². The van der Waals surface area contributed by atoms with Crippen molar-refractivity contribution < 1.29 is 9.90 Å². The van der Waals surface area contributed by atoms with E-state index in [-0.39, 0.29) is 5.56 Å². The lowest BCUT2D eigenvalue weighted by atomic mass is 10.1. The number of para-hydroxylation sites is 1. The van der Waals surface area contributed by atoms with Gasteiger partial charge in [-0.05, 0) is 36.2 Å². The Morgan fingerprint density at radius 1 is 1.10 bits per heavy atom. The SMILES string of the molecule is Cn1nc2c(N3CCc4ccccc43)cccc2c1-c1cc2nccc(C(=O)O)c2[nH]1. The molecule has 4 heterocycles. The van der Waals surface area contributed by atoms with Crippen LogP contribution in [0.3, 0.4) is 0 Å². The second kappa shape index (κ2) is 6.43. The summed E-state index contributed by atoms with van der Waals surface area (Å²) in [7, 11) is 1.91. The van der Waals surface area contributed by atoms with Crippen molar-refractivity contribution in [2.45, 2.75) is 6.42 Å². The maximum atomic E-state index is 11.6. The molecule has 1 aliphatic rings. The third-order valence-electron chi connectivity index (χ3n) is 6.03. The highest BCUT2D eigenvalue weighted by molar-refractivity contribution is 6.05. The molecule has 0 saturated carbocycles. The van der Waals surface area contributed by atoms with Gasteiger partial charge >= 0.3 is 5.97 Å². The summed E-state index contributed by atoms with van der Waals surface area (Å²) in [4.78, 5) is 21.5. The van der Waals surface area contributed by atoms with Gasteiger partial charge in [-0.15, -0.1) is 0 Å². The molecule has 6 rings (SSSR count). The molecule has 0 unspecified atom stereocenters. The first-order valence-corrected chi connectivity index (χ1v) is 10.1. The summed E-state index contributed by atoms with van der Waals surface area (Å²) in [6.45, 7) is 0.919.